The van der Waals surface area contributed by atoms with E-state index in [0.717, 1.165) is 17.9 Å². The predicted molar refractivity (Wildman–Crippen MR) is 124 cm³/mol. The van der Waals surface area contributed by atoms with Crippen molar-refractivity contribution in [3.63, 3.8) is 0 Å². The molecule has 1 heterocycles. The lowest BCUT2D eigenvalue weighted by Crippen LogP contribution is -2.39. The molecule has 0 bridgehead atoms. The van der Waals surface area contributed by atoms with E-state index in [9.17, 15) is 5.11 Å². The van der Waals surface area contributed by atoms with E-state index in [-0.39, 0.29) is 30.1 Å². The third kappa shape index (κ3) is 8.49. The third-order valence-corrected chi connectivity index (χ3v) is 4.62. The number of guanidine groups is 1. The fourth-order valence-corrected chi connectivity index (χ4v) is 3.24. The van der Waals surface area contributed by atoms with Gasteiger partial charge in [-0.3, -0.25) is 0 Å². The summed E-state index contributed by atoms with van der Waals surface area (Å²) in [7, 11) is 0. The molecule has 0 fully saturated rings. The van der Waals surface area contributed by atoms with Crippen molar-refractivity contribution in [3.8, 4) is 5.75 Å². The van der Waals surface area contributed by atoms with Gasteiger partial charge in [-0.2, -0.15) is 0 Å². The number of aliphatic hydroxyl groups excluding tert-OH is 1. The maximum Gasteiger partial charge on any atom is 0.191 e. The van der Waals surface area contributed by atoms with Gasteiger partial charge in [0, 0.05) is 22.8 Å². The lowest BCUT2D eigenvalue weighted by Gasteiger charge is -2.16. The summed E-state index contributed by atoms with van der Waals surface area (Å²) in [6, 6.07) is 11.8. The Bertz CT molecular complexity index is 702. The summed E-state index contributed by atoms with van der Waals surface area (Å²) >= 11 is 1.75. The zero-order valence-corrected chi connectivity index (χ0v) is 19.5. The minimum Gasteiger partial charge on any atom is -0.491 e. The summed E-state index contributed by atoms with van der Waals surface area (Å²) in [5.41, 5.74) is 0.846. The van der Waals surface area contributed by atoms with Crippen LogP contribution < -0.4 is 15.4 Å². The van der Waals surface area contributed by atoms with Gasteiger partial charge in [0.25, 0.3) is 0 Å². The van der Waals surface area contributed by atoms with Gasteiger partial charge in [-0.25, -0.2) is 4.99 Å². The fourth-order valence-electron chi connectivity index (χ4n) is 2.42. The van der Waals surface area contributed by atoms with Crippen molar-refractivity contribution in [2.45, 2.75) is 46.4 Å². The number of nitrogens with one attached hydrogen (secondary N) is 2. The van der Waals surface area contributed by atoms with Gasteiger partial charge in [-0.05, 0) is 57.5 Å². The van der Waals surface area contributed by atoms with E-state index < -0.39 is 6.10 Å². The van der Waals surface area contributed by atoms with Crippen LogP contribution in [0, 0.1) is 6.92 Å². The second-order valence-electron chi connectivity index (χ2n) is 6.34. The first-order valence-corrected chi connectivity index (χ1v) is 9.81. The second-order valence-corrected chi connectivity index (χ2v) is 7.71. The first-order valence-electron chi connectivity index (χ1n) is 9.00. The van der Waals surface area contributed by atoms with Crippen LogP contribution in [0.25, 0.3) is 0 Å². The molecule has 0 amide bonds. The molecule has 7 heteroatoms. The van der Waals surface area contributed by atoms with Gasteiger partial charge in [0.1, 0.15) is 5.75 Å². The average Bonchev–Trinajstić information content (AvgIpc) is 3.02. The number of aliphatic imine (C=N–C) groups is 1. The van der Waals surface area contributed by atoms with Crippen LogP contribution in [0.5, 0.6) is 5.75 Å². The Morgan fingerprint density at radius 1 is 1.15 bits per heavy atom. The number of aliphatic hydroxyl groups is 1. The summed E-state index contributed by atoms with van der Waals surface area (Å²) in [6.07, 6.45) is -0.477. The molecule has 5 nitrogen and oxygen atoms in total. The second kappa shape index (κ2) is 12.2. The Hall–Kier alpha value is -1.32. The minimum atomic E-state index is -0.615. The van der Waals surface area contributed by atoms with E-state index in [1.165, 1.54) is 9.75 Å². The largest absolute Gasteiger partial charge is 0.491 e. The highest BCUT2D eigenvalue weighted by Crippen LogP contribution is 2.18. The van der Waals surface area contributed by atoms with Crippen molar-refractivity contribution in [1.29, 1.82) is 0 Å². The Kier molecular flexibility index (Phi) is 10.7. The monoisotopic (exact) mass is 503 g/mol. The standard InChI is InChI=1S/C20H29N3O2S.HI/c1-5-21-20(22-12-18-11-6-15(4)26-18)23-13-19(24)16-7-9-17(10-8-16)25-14(2)3;/h6-11,14,19,24H,5,12-13H2,1-4H3,(H2,21,22,23);1H. The summed E-state index contributed by atoms with van der Waals surface area (Å²) in [5, 5.41) is 16.8. The molecular formula is C20H30IN3O2S. The van der Waals surface area contributed by atoms with E-state index >= 15 is 0 Å². The van der Waals surface area contributed by atoms with Crippen molar-refractivity contribution in [1.82, 2.24) is 10.6 Å². The Morgan fingerprint density at radius 3 is 2.41 bits per heavy atom. The minimum absolute atomic E-state index is 0. The van der Waals surface area contributed by atoms with E-state index in [2.05, 4.69) is 34.7 Å². The SMILES string of the molecule is CCNC(=NCc1ccc(C)s1)NCC(O)c1ccc(OC(C)C)cc1.I. The maximum atomic E-state index is 10.4. The first-order chi connectivity index (χ1) is 12.5. The summed E-state index contributed by atoms with van der Waals surface area (Å²) in [5.74, 6) is 1.52. The van der Waals surface area contributed by atoms with Gasteiger partial charge in [0.2, 0.25) is 0 Å². The Morgan fingerprint density at radius 2 is 1.85 bits per heavy atom. The topological polar surface area (TPSA) is 65.9 Å². The highest BCUT2D eigenvalue weighted by Gasteiger charge is 2.09. The molecule has 0 aliphatic heterocycles. The first kappa shape index (κ1) is 23.7. The zero-order valence-electron chi connectivity index (χ0n) is 16.4. The van der Waals surface area contributed by atoms with Gasteiger partial charge in [0.15, 0.2) is 5.96 Å². The van der Waals surface area contributed by atoms with Crippen LogP contribution in [0.15, 0.2) is 41.4 Å². The molecule has 0 aliphatic carbocycles. The van der Waals surface area contributed by atoms with Gasteiger partial charge >= 0.3 is 0 Å². The summed E-state index contributed by atoms with van der Waals surface area (Å²) in [4.78, 5) is 7.09. The van der Waals surface area contributed by atoms with E-state index in [1.807, 2.05) is 45.0 Å². The van der Waals surface area contributed by atoms with Crippen LogP contribution in [0.2, 0.25) is 0 Å². The van der Waals surface area contributed by atoms with E-state index in [1.54, 1.807) is 11.3 Å². The number of rotatable bonds is 8. The lowest BCUT2D eigenvalue weighted by atomic mass is 10.1. The molecule has 2 aromatic rings. The van der Waals surface area contributed by atoms with Crippen LogP contribution >= 0.6 is 35.3 Å². The fraction of sp³-hybridized carbons (Fsp3) is 0.450. The van der Waals surface area contributed by atoms with Crippen molar-refractivity contribution < 1.29 is 9.84 Å². The number of hydrogen-bond donors (Lipinski definition) is 3. The van der Waals surface area contributed by atoms with Crippen LogP contribution in [-0.4, -0.2) is 30.3 Å². The molecule has 0 aliphatic rings. The number of thiophene rings is 1. The molecular weight excluding hydrogens is 473 g/mol. The van der Waals surface area contributed by atoms with Crippen LogP contribution in [0.4, 0.5) is 0 Å². The van der Waals surface area contributed by atoms with Crippen LogP contribution in [0.3, 0.4) is 0 Å². The van der Waals surface area contributed by atoms with Gasteiger partial charge in [-0.15, -0.1) is 35.3 Å². The molecule has 3 N–H and O–H groups in total. The number of aryl methyl sites for hydroxylation is 1. The molecule has 0 spiro atoms. The van der Waals surface area contributed by atoms with Crippen molar-refractivity contribution in [2.24, 2.45) is 4.99 Å². The quantitative estimate of drug-likeness (QED) is 0.286. The highest BCUT2D eigenvalue weighted by molar-refractivity contribution is 14.0. The molecule has 1 aromatic heterocycles. The third-order valence-electron chi connectivity index (χ3n) is 3.63. The van der Waals surface area contributed by atoms with Gasteiger partial charge < -0.3 is 20.5 Å². The molecule has 2 rings (SSSR count). The smallest absolute Gasteiger partial charge is 0.191 e. The highest BCUT2D eigenvalue weighted by atomic mass is 127. The van der Waals surface area contributed by atoms with Crippen molar-refractivity contribution in [2.75, 3.05) is 13.1 Å². The molecule has 0 saturated carbocycles. The molecule has 27 heavy (non-hydrogen) atoms. The molecule has 0 radical (unpaired) electrons. The Labute approximate surface area is 183 Å². The van der Waals surface area contributed by atoms with Gasteiger partial charge in [0.05, 0.1) is 18.8 Å². The van der Waals surface area contributed by atoms with Crippen LogP contribution in [0.1, 0.15) is 42.2 Å². The number of hydrogen-bond acceptors (Lipinski definition) is 4. The summed E-state index contributed by atoms with van der Waals surface area (Å²) in [6.45, 7) is 9.89. The normalized spacial score (nSPS) is 12.4. The number of benzene rings is 1. The summed E-state index contributed by atoms with van der Waals surface area (Å²) < 4.78 is 5.63. The van der Waals surface area contributed by atoms with Gasteiger partial charge in [-0.1, -0.05) is 12.1 Å². The van der Waals surface area contributed by atoms with Crippen molar-refractivity contribution >= 4 is 41.3 Å². The molecule has 150 valence electrons. The van der Waals surface area contributed by atoms with E-state index in [0.29, 0.717) is 19.0 Å². The maximum absolute atomic E-state index is 10.4. The average molecular weight is 503 g/mol. The lowest BCUT2D eigenvalue weighted by molar-refractivity contribution is 0.180. The number of halogens is 1. The van der Waals surface area contributed by atoms with Crippen LogP contribution in [-0.2, 0) is 6.54 Å². The molecule has 0 saturated heterocycles. The number of ether oxygens (including phenoxy) is 1. The van der Waals surface area contributed by atoms with E-state index in [4.69, 9.17) is 4.74 Å². The Balaban J connectivity index is 0.00000364. The van der Waals surface area contributed by atoms with Crippen molar-refractivity contribution in [3.05, 3.63) is 51.7 Å². The molecule has 1 aromatic carbocycles. The molecule has 1 atom stereocenters. The zero-order chi connectivity index (χ0) is 18.9. The predicted octanol–water partition coefficient (Wildman–Crippen LogP) is 4.25. The number of nitrogens with zero attached hydrogens (tertiary/aromatic N) is 1. The molecule has 1 unspecified atom stereocenters.